The molecule has 2 nitrogen and oxygen atoms in total. The van der Waals surface area contributed by atoms with Gasteiger partial charge in [0.15, 0.2) is 5.78 Å². The van der Waals surface area contributed by atoms with Gasteiger partial charge in [0.1, 0.15) is 0 Å². The quantitative estimate of drug-likeness (QED) is 0.781. The first-order valence-electron chi connectivity index (χ1n) is 8.65. The molecule has 0 atom stereocenters. The Morgan fingerprint density at radius 2 is 1.50 bits per heavy atom. The topological polar surface area (TPSA) is 43.1 Å². The highest BCUT2D eigenvalue weighted by atomic mass is 16.1. The predicted octanol–water partition coefficient (Wildman–Crippen LogP) is 5.07. The van der Waals surface area contributed by atoms with Crippen LogP contribution in [0, 0.1) is 0 Å². The second-order valence-corrected chi connectivity index (χ2v) is 7.02. The van der Waals surface area contributed by atoms with Crippen molar-refractivity contribution >= 4 is 11.5 Å². The molecule has 1 aliphatic carbocycles. The van der Waals surface area contributed by atoms with Crippen LogP contribution in [0.3, 0.4) is 0 Å². The third-order valence-electron chi connectivity index (χ3n) is 5.21. The zero-order valence-corrected chi connectivity index (χ0v) is 14.7. The summed E-state index contributed by atoms with van der Waals surface area (Å²) in [5.41, 5.74) is 12.6. The molecule has 2 aromatic rings. The van der Waals surface area contributed by atoms with E-state index in [4.69, 9.17) is 5.73 Å². The first-order chi connectivity index (χ1) is 11.4. The maximum absolute atomic E-state index is 11.7. The van der Waals surface area contributed by atoms with Crippen molar-refractivity contribution in [3.63, 3.8) is 0 Å². The fraction of sp³-hybridized carbons (Fsp3) is 0.318. The average molecular weight is 319 g/mol. The van der Waals surface area contributed by atoms with E-state index in [0.717, 1.165) is 5.56 Å². The highest BCUT2D eigenvalue weighted by molar-refractivity contribution is 6.00. The Hall–Kier alpha value is -2.35. The van der Waals surface area contributed by atoms with Gasteiger partial charge in [0, 0.05) is 11.3 Å². The molecule has 3 rings (SSSR count). The minimum atomic E-state index is 0.0447. The highest BCUT2D eigenvalue weighted by Crippen LogP contribution is 2.47. The molecule has 1 aliphatic rings. The molecule has 0 heterocycles. The number of rotatable bonds is 5. The molecule has 1 fully saturated rings. The summed E-state index contributed by atoms with van der Waals surface area (Å²) in [5.74, 6) is 0.0447. The predicted molar refractivity (Wildman–Crippen MR) is 101 cm³/mol. The molecule has 124 valence electrons. The van der Waals surface area contributed by atoms with E-state index in [2.05, 4.69) is 43.3 Å². The minimum absolute atomic E-state index is 0.0447. The van der Waals surface area contributed by atoms with E-state index in [1.54, 1.807) is 6.92 Å². The summed E-state index contributed by atoms with van der Waals surface area (Å²) < 4.78 is 0. The van der Waals surface area contributed by atoms with Gasteiger partial charge in [-0.3, -0.25) is 4.79 Å². The Bertz CT molecular complexity index is 778. The van der Waals surface area contributed by atoms with Gasteiger partial charge in [-0.2, -0.15) is 0 Å². The van der Waals surface area contributed by atoms with E-state index in [9.17, 15) is 4.79 Å². The van der Waals surface area contributed by atoms with Crippen LogP contribution >= 0.6 is 0 Å². The summed E-state index contributed by atoms with van der Waals surface area (Å²) in [6, 6.07) is 17.0. The molecule has 24 heavy (non-hydrogen) atoms. The molecule has 2 N–H and O–H groups in total. The van der Waals surface area contributed by atoms with Crippen molar-refractivity contribution in [1.82, 2.24) is 0 Å². The summed E-state index contributed by atoms with van der Waals surface area (Å²) in [4.78, 5) is 11.7. The number of carbonyl (C=O) groups excluding carboxylic acids is 1. The summed E-state index contributed by atoms with van der Waals surface area (Å²) in [6.45, 7) is 5.86. The number of carbonyl (C=O) groups is 1. The monoisotopic (exact) mass is 319 g/mol. The Balaban J connectivity index is 1.85. The maximum Gasteiger partial charge on any atom is 0.157 e. The van der Waals surface area contributed by atoms with Crippen molar-refractivity contribution in [3.8, 4) is 11.1 Å². The summed E-state index contributed by atoms with van der Waals surface area (Å²) in [7, 11) is 0. The van der Waals surface area contributed by atoms with E-state index in [1.807, 2.05) is 19.1 Å². The summed E-state index contributed by atoms with van der Waals surface area (Å²) in [5, 5.41) is 0. The SMILES string of the molecule is CC/C(C(C)=O)=C(/N)c1ccc(-c2ccc(C3(C)CC3)cc2)cc1. The third kappa shape index (κ3) is 3.14. The van der Waals surface area contributed by atoms with Crippen LogP contribution in [0.1, 0.15) is 51.2 Å². The molecule has 0 amide bonds. The van der Waals surface area contributed by atoms with Crippen molar-refractivity contribution in [1.29, 1.82) is 0 Å². The molecule has 2 aromatic carbocycles. The van der Waals surface area contributed by atoms with Gasteiger partial charge in [0.2, 0.25) is 0 Å². The van der Waals surface area contributed by atoms with Gasteiger partial charge in [-0.15, -0.1) is 0 Å². The van der Waals surface area contributed by atoms with Crippen LogP contribution in [0.15, 0.2) is 54.1 Å². The molecular weight excluding hydrogens is 294 g/mol. The van der Waals surface area contributed by atoms with Gasteiger partial charge in [-0.1, -0.05) is 62.4 Å². The molecule has 0 bridgehead atoms. The van der Waals surface area contributed by atoms with E-state index < -0.39 is 0 Å². The van der Waals surface area contributed by atoms with Crippen molar-refractivity contribution in [2.24, 2.45) is 5.73 Å². The Morgan fingerprint density at radius 1 is 1.00 bits per heavy atom. The largest absolute Gasteiger partial charge is 0.398 e. The van der Waals surface area contributed by atoms with Gasteiger partial charge in [0.05, 0.1) is 0 Å². The molecule has 1 saturated carbocycles. The minimum Gasteiger partial charge on any atom is -0.398 e. The summed E-state index contributed by atoms with van der Waals surface area (Å²) in [6.07, 6.45) is 3.24. The van der Waals surface area contributed by atoms with Gasteiger partial charge in [-0.25, -0.2) is 0 Å². The van der Waals surface area contributed by atoms with Crippen LogP contribution in [-0.2, 0) is 10.2 Å². The second-order valence-electron chi connectivity index (χ2n) is 7.02. The zero-order valence-electron chi connectivity index (χ0n) is 14.7. The Kier molecular flexibility index (Phi) is 4.31. The zero-order chi connectivity index (χ0) is 17.3. The molecule has 0 unspecified atom stereocenters. The lowest BCUT2D eigenvalue weighted by atomic mass is 9.94. The molecule has 0 spiro atoms. The number of benzene rings is 2. The van der Waals surface area contributed by atoms with Crippen molar-refractivity contribution in [2.75, 3.05) is 0 Å². The van der Waals surface area contributed by atoms with Crippen molar-refractivity contribution < 1.29 is 4.79 Å². The van der Waals surface area contributed by atoms with Gasteiger partial charge in [0.25, 0.3) is 0 Å². The van der Waals surface area contributed by atoms with E-state index >= 15 is 0 Å². The van der Waals surface area contributed by atoms with E-state index in [-0.39, 0.29) is 5.78 Å². The van der Waals surface area contributed by atoms with Crippen LogP contribution < -0.4 is 5.73 Å². The van der Waals surface area contributed by atoms with E-state index in [1.165, 1.54) is 29.5 Å². The van der Waals surface area contributed by atoms with Crippen LogP contribution in [0.2, 0.25) is 0 Å². The lowest BCUT2D eigenvalue weighted by molar-refractivity contribution is -0.113. The number of Topliss-reactive ketones (excluding diaryl/α,β-unsaturated/α-hetero) is 1. The lowest BCUT2D eigenvalue weighted by Crippen LogP contribution is -2.07. The Labute approximate surface area is 144 Å². The molecule has 0 saturated heterocycles. The lowest BCUT2D eigenvalue weighted by Gasteiger charge is -2.11. The normalized spacial score (nSPS) is 16.5. The fourth-order valence-corrected chi connectivity index (χ4v) is 3.19. The molecular formula is C22H25NO. The number of ketones is 1. The number of hydrogen-bond donors (Lipinski definition) is 1. The standard InChI is InChI=1S/C22H25NO/c1-4-20(15(2)24)21(23)18-7-5-16(6-8-18)17-9-11-19(12-10-17)22(3)13-14-22/h5-12H,4,13-14,23H2,1-3H3/b21-20-. The molecule has 0 aliphatic heterocycles. The van der Waals surface area contributed by atoms with Crippen molar-refractivity contribution in [3.05, 3.63) is 65.2 Å². The first-order valence-corrected chi connectivity index (χ1v) is 8.65. The number of hydrogen-bond acceptors (Lipinski definition) is 2. The average Bonchev–Trinajstić information content (AvgIpc) is 3.34. The molecule has 0 radical (unpaired) electrons. The van der Waals surface area contributed by atoms with Crippen LogP contribution in [0.25, 0.3) is 16.8 Å². The van der Waals surface area contributed by atoms with Gasteiger partial charge >= 0.3 is 0 Å². The Morgan fingerprint density at radius 3 is 1.92 bits per heavy atom. The third-order valence-corrected chi connectivity index (χ3v) is 5.21. The maximum atomic E-state index is 11.7. The van der Waals surface area contributed by atoms with Crippen LogP contribution in [-0.4, -0.2) is 5.78 Å². The smallest absolute Gasteiger partial charge is 0.157 e. The first kappa shape index (κ1) is 16.5. The number of nitrogens with two attached hydrogens (primary N) is 1. The second kappa shape index (κ2) is 6.27. The molecule has 2 heteroatoms. The molecule has 0 aromatic heterocycles. The van der Waals surface area contributed by atoms with Gasteiger partial charge < -0.3 is 5.73 Å². The van der Waals surface area contributed by atoms with Crippen molar-refractivity contribution in [2.45, 2.75) is 45.4 Å². The highest BCUT2D eigenvalue weighted by Gasteiger charge is 2.38. The van der Waals surface area contributed by atoms with Crippen LogP contribution in [0.5, 0.6) is 0 Å². The number of allylic oxidation sites excluding steroid dienone is 1. The summed E-state index contributed by atoms with van der Waals surface area (Å²) >= 11 is 0. The van der Waals surface area contributed by atoms with Gasteiger partial charge in [-0.05, 0) is 53.9 Å². The fourth-order valence-electron chi connectivity index (χ4n) is 3.19. The van der Waals surface area contributed by atoms with E-state index in [0.29, 0.717) is 23.1 Å². The van der Waals surface area contributed by atoms with Crippen LogP contribution in [0.4, 0.5) is 0 Å².